The lowest BCUT2D eigenvalue weighted by Crippen LogP contribution is -2.38. The maximum Gasteiger partial charge on any atom is 0.358 e. The molecule has 1 fully saturated rings. The molecule has 20 heavy (non-hydrogen) atoms. The third-order valence-electron chi connectivity index (χ3n) is 3.63. The monoisotopic (exact) mass is 281 g/mol. The summed E-state index contributed by atoms with van der Waals surface area (Å²) in [4.78, 5) is 23.2. The minimum absolute atomic E-state index is 0.0321. The molecular formula is C12H19N5O3. The lowest BCUT2D eigenvalue weighted by molar-refractivity contribution is -0.124. The largest absolute Gasteiger partial charge is 0.476 e. The van der Waals surface area contributed by atoms with E-state index >= 15 is 0 Å². The van der Waals surface area contributed by atoms with E-state index in [0.29, 0.717) is 0 Å². The highest BCUT2D eigenvalue weighted by Gasteiger charge is 2.26. The molecule has 1 saturated carbocycles. The summed E-state index contributed by atoms with van der Waals surface area (Å²) in [6.45, 7) is 1.62. The zero-order valence-corrected chi connectivity index (χ0v) is 11.4. The van der Waals surface area contributed by atoms with Crippen molar-refractivity contribution in [1.29, 1.82) is 0 Å². The van der Waals surface area contributed by atoms with Crippen molar-refractivity contribution in [2.24, 2.45) is 5.73 Å². The molecule has 1 aliphatic carbocycles. The Morgan fingerprint density at radius 3 is 2.70 bits per heavy atom. The Morgan fingerprint density at radius 2 is 2.15 bits per heavy atom. The van der Waals surface area contributed by atoms with Gasteiger partial charge in [-0.1, -0.05) is 18.1 Å². The van der Waals surface area contributed by atoms with E-state index in [1.54, 1.807) is 6.92 Å². The molecule has 0 saturated heterocycles. The number of nitrogens with one attached hydrogen (secondary N) is 1. The van der Waals surface area contributed by atoms with Crippen molar-refractivity contribution in [3.8, 4) is 0 Å². The Bertz CT molecular complexity index is 507. The molecule has 1 atom stereocenters. The minimum atomic E-state index is -1.19. The first kappa shape index (κ1) is 14.4. The summed E-state index contributed by atoms with van der Waals surface area (Å²) in [5.74, 6) is -1.38. The predicted molar refractivity (Wildman–Crippen MR) is 70.0 cm³/mol. The molecule has 1 unspecified atom stereocenters. The quantitative estimate of drug-likeness (QED) is 0.701. The van der Waals surface area contributed by atoms with Crippen LogP contribution in [0.2, 0.25) is 0 Å². The normalized spacial score (nSPS) is 17.1. The van der Waals surface area contributed by atoms with E-state index in [1.807, 2.05) is 0 Å². The highest BCUT2D eigenvalue weighted by molar-refractivity contribution is 5.87. The number of hydrogen-bond donors (Lipinski definition) is 3. The minimum Gasteiger partial charge on any atom is -0.476 e. The lowest BCUT2D eigenvalue weighted by atomic mass is 10.2. The van der Waals surface area contributed by atoms with Crippen LogP contribution in [-0.2, 0) is 11.3 Å². The van der Waals surface area contributed by atoms with Gasteiger partial charge in [0.1, 0.15) is 6.04 Å². The van der Waals surface area contributed by atoms with E-state index in [-0.39, 0.29) is 29.9 Å². The predicted octanol–water partition coefficient (Wildman–Crippen LogP) is 0.0548. The number of amides is 1. The SMILES string of the molecule is CC(C(=O)NC1CCCC1)n1nnc(C(=O)O)c1CN. The molecule has 0 spiro atoms. The van der Waals surface area contributed by atoms with Gasteiger partial charge in [0.05, 0.1) is 5.69 Å². The number of rotatable bonds is 5. The molecule has 0 bridgehead atoms. The summed E-state index contributed by atoms with van der Waals surface area (Å²) in [6, 6.07) is -0.427. The van der Waals surface area contributed by atoms with Gasteiger partial charge in [0.15, 0.2) is 5.69 Å². The van der Waals surface area contributed by atoms with Gasteiger partial charge in [0.2, 0.25) is 5.91 Å². The smallest absolute Gasteiger partial charge is 0.358 e. The van der Waals surface area contributed by atoms with E-state index in [4.69, 9.17) is 10.8 Å². The van der Waals surface area contributed by atoms with Crippen molar-refractivity contribution in [1.82, 2.24) is 20.3 Å². The van der Waals surface area contributed by atoms with Crippen molar-refractivity contribution < 1.29 is 14.7 Å². The Labute approximate surface area is 116 Å². The first-order chi connectivity index (χ1) is 9.54. The van der Waals surface area contributed by atoms with Crippen LogP contribution in [0, 0.1) is 0 Å². The van der Waals surface area contributed by atoms with E-state index in [9.17, 15) is 9.59 Å². The Kier molecular flexibility index (Phi) is 4.33. The molecule has 8 heteroatoms. The summed E-state index contributed by atoms with van der Waals surface area (Å²) in [5.41, 5.74) is 5.59. The average molecular weight is 281 g/mol. The molecule has 1 amide bonds. The molecule has 110 valence electrons. The fourth-order valence-electron chi connectivity index (χ4n) is 2.48. The maximum absolute atomic E-state index is 12.2. The van der Waals surface area contributed by atoms with Gasteiger partial charge in [-0.05, 0) is 19.8 Å². The number of aromatic carboxylic acids is 1. The molecule has 0 radical (unpaired) electrons. The van der Waals surface area contributed by atoms with E-state index in [2.05, 4.69) is 15.6 Å². The number of hydrogen-bond acceptors (Lipinski definition) is 5. The van der Waals surface area contributed by atoms with Gasteiger partial charge in [-0.3, -0.25) is 4.79 Å². The summed E-state index contributed by atoms with van der Waals surface area (Å²) in [5, 5.41) is 19.3. The molecule has 2 rings (SSSR count). The van der Waals surface area contributed by atoms with Crippen LogP contribution in [-0.4, -0.2) is 38.0 Å². The third kappa shape index (κ3) is 2.79. The first-order valence-electron chi connectivity index (χ1n) is 6.72. The van der Waals surface area contributed by atoms with Gasteiger partial charge in [-0.15, -0.1) is 5.10 Å². The van der Waals surface area contributed by atoms with Crippen molar-refractivity contribution in [3.05, 3.63) is 11.4 Å². The Morgan fingerprint density at radius 1 is 1.50 bits per heavy atom. The van der Waals surface area contributed by atoms with Crippen LogP contribution in [0.5, 0.6) is 0 Å². The zero-order valence-electron chi connectivity index (χ0n) is 11.4. The Hall–Kier alpha value is -1.96. The number of carboxylic acid groups (broad SMARTS) is 1. The van der Waals surface area contributed by atoms with Gasteiger partial charge >= 0.3 is 5.97 Å². The fraction of sp³-hybridized carbons (Fsp3) is 0.667. The van der Waals surface area contributed by atoms with Crippen LogP contribution in [0.4, 0.5) is 0 Å². The van der Waals surface area contributed by atoms with Crippen LogP contribution in [0.1, 0.15) is 54.8 Å². The van der Waals surface area contributed by atoms with Crippen molar-refractivity contribution in [2.75, 3.05) is 0 Å². The number of carbonyl (C=O) groups excluding carboxylic acids is 1. The van der Waals surface area contributed by atoms with Crippen molar-refractivity contribution in [3.63, 3.8) is 0 Å². The van der Waals surface area contributed by atoms with E-state index in [0.717, 1.165) is 25.7 Å². The summed E-state index contributed by atoms with van der Waals surface area (Å²) >= 11 is 0. The van der Waals surface area contributed by atoms with Crippen LogP contribution < -0.4 is 11.1 Å². The summed E-state index contributed by atoms with van der Waals surface area (Å²) < 4.78 is 1.29. The molecular weight excluding hydrogens is 262 g/mol. The van der Waals surface area contributed by atoms with Crippen molar-refractivity contribution in [2.45, 2.75) is 51.2 Å². The molecule has 1 aromatic heterocycles. The standard InChI is InChI=1S/C12H19N5O3/c1-7(11(18)14-8-4-2-3-5-8)17-9(6-13)10(12(19)20)15-16-17/h7-8H,2-6,13H2,1H3,(H,14,18)(H,19,20). The number of nitrogens with two attached hydrogens (primary N) is 1. The number of carboxylic acids is 1. The second-order valence-corrected chi connectivity index (χ2v) is 5.00. The molecule has 4 N–H and O–H groups in total. The number of nitrogens with zero attached hydrogens (tertiary/aromatic N) is 3. The molecule has 1 aliphatic rings. The van der Waals surface area contributed by atoms with Crippen LogP contribution in [0.25, 0.3) is 0 Å². The lowest BCUT2D eigenvalue weighted by Gasteiger charge is -2.17. The third-order valence-corrected chi connectivity index (χ3v) is 3.63. The van der Waals surface area contributed by atoms with Gasteiger partial charge in [-0.25, -0.2) is 9.48 Å². The molecule has 0 aliphatic heterocycles. The summed E-state index contributed by atoms with van der Waals surface area (Å²) in [7, 11) is 0. The maximum atomic E-state index is 12.2. The van der Waals surface area contributed by atoms with E-state index in [1.165, 1.54) is 4.68 Å². The van der Waals surface area contributed by atoms with Gasteiger partial charge in [0.25, 0.3) is 0 Å². The van der Waals surface area contributed by atoms with Gasteiger partial charge < -0.3 is 16.2 Å². The molecule has 1 heterocycles. The molecule has 8 nitrogen and oxygen atoms in total. The topological polar surface area (TPSA) is 123 Å². The average Bonchev–Trinajstić information content (AvgIpc) is 3.05. The molecule has 1 aromatic rings. The summed E-state index contributed by atoms with van der Waals surface area (Å²) in [6.07, 6.45) is 4.22. The van der Waals surface area contributed by atoms with Gasteiger partial charge in [-0.2, -0.15) is 0 Å². The molecule has 0 aromatic carbocycles. The van der Waals surface area contributed by atoms with Crippen LogP contribution in [0.3, 0.4) is 0 Å². The second-order valence-electron chi connectivity index (χ2n) is 5.00. The van der Waals surface area contributed by atoms with Crippen molar-refractivity contribution >= 4 is 11.9 Å². The second kappa shape index (κ2) is 6.00. The highest BCUT2D eigenvalue weighted by atomic mass is 16.4. The highest BCUT2D eigenvalue weighted by Crippen LogP contribution is 2.19. The first-order valence-corrected chi connectivity index (χ1v) is 6.72. The number of aromatic nitrogens is 3. The van der Waals surface area contributed by atoms with Crippen LogP contribution in [0.15, 0.2) is 0 Å². The van der Waals surface area contributed by atoms with Crippen LogP contribution >= 0.6 is 0 Å². The Balaban J connectivity index is 2.13. The fourth-order valence-corrected chi connectivity index (χ4v) is 2.48. The zero-order chi connectivity index (χ0) is 14.7. The van der Waals surface area contributed by atoms with Gasteiger partial charge in [0, 0.05) is 12.6 Å². The number of carbonyl (C=O) groups is 2. The van der Waals surface area contributed by atoms with E-state index < -0.39 is 12.0 Å².